The fourth-order valence-corrected chi connectivity index (χ4v) is 3.55. The van der Waals surface area contributed by atoms with E-state index in [4.69, 9.17) is 0 Å². The van der Waals surface area contributed by atoms with E-state index in [9.17, 15) is 4.79 Å². The predicted octanol–water partition coefficient (Wildman–Crippen LogP) is 4.60. The highest BCUT2D eigenvalue weighted by Gasteiger charge is 2.22. The van der Waals surface area contributed by atoms with Crippen molar-refractivity contribution >= 4 is 33.2 Å². The Hall–Kier alpha value is -1.07. The van der Waals surface area contributed by atoms with Crippen LogP contribution in [0, 0.1) is 0 Å². The molecule has 2 heterocycles. The van der Waals surface area contributed by atoms with Gasteiger partial charge in [0.1, 0.15) is 5.69 Å². The first-order valence-corrected chi connectivity index (χ1v) is 8.74. The van der Waals surface area contributed by atoms with Gasteiger partial charge >= 0.3 is 0 Å². The van der Waals surface area contributed by atoms with E-state index in [2.05, 4.69) is 54.2 Å². The van der Waals surface area contributed by atoms with E-state index >= 15 is 0 Å². The number of carbonyl (C=O) groups excluding carboxylic acids is 1. The number of nitrogens with zero attached hydrogens (tertiary/aromatic N) is 2. The molecule has 0 aliphatic carbocycles. The van der Waals surface area contributed by atoms with Crippen LogP contribution in [0.3, 0.4) is 0 Å². The molecule has 2 aromatic rings. The first-order chi connectivity index (χ1) is 9.90. The lowest BCUT2D eigenvalue weighted by molar-refractivity contribution is 0.0731. The smallest absolute Gasteiger partial charge is 0.270 e. The van der Waals surface area contributed by atoms with Crippen LogP contribution in [-0.2, 0) is 6.42 Å². The maximum Gasteiger partial charge on any atom is 0.270 e. The van der Waals surface area contributed by atoms with Crippen molar-refractivity contribution in [2.24, 2.45) is 0 Å². The Balaban J connectivity index is 2.15. The lowest BCUT2D eigenvalue weighted by atomic mass is 10.1. The molecule has 1 amide bonds. The zero-order chi connectivity index (χ0) is 15.6. The Morgan fingerprint density at radius 2 is 2.14 bits per heavy atom. The van der Waals surface area contributed by atoms with Gasteiger partial charge in [-0.3, -0.25) is 4.79 Å². The number of thiophene rings is 1. The van der Waals surface area contributed by atoms with Crippen molar-refractivity contribution in [1.82, 2.24) is 9.47 Å². The molecule has 21 heavy (non-hydrogen) atoms. The third-order valence-corrected chi connectivity index (χ3v) is 4.98. The van der Waals surface area contributed by atoms with Gasteiger partial charge < -0.3 is 9.47 Å². The fourth-order valence-electron chi connectivity index (χ4n) is 2.28. The van der Waals surface area contributed by atoms with Gasteiger partial charge in [0, 0.05) is 41.1 Å². The van der Waals surface area contributed by atoms with E-state index < -0.39 is 0 Å². The van der Waals surface area contributed by atoms with Gasteiger partial charge in [-0.15, -0.1) is 11.3 Å². The number of hydrogen-bond acceptors (Lipinski definition) is 2. The Morgan fingerprint density at radius 3 is 2.71 bits per heavy atom. The molecule has 0 bridgehead atoms. The molecule has 0 aromatic carbocycles. The molecule has 0 fully saturated rings. The van der Waals surface area contributed by atoms with Crippen LogP contribution in [0.4, 0.5) is 0 Å². The molecular weight excluding hydrogens is 348 g/mol. The number of rotatable bonds is 5. The molecule has 2 rings (SSSR count). The van der Waals surface area contributed by atoms with Crippen LogP contribution in [0.25, 0.3) is 0 Å². The zero-order valence-electron chi connectivity index (χ0n) is 12.8. The van der Waals surface area contributed by atoms with E-state index in [0.717, 1.165) is 16.6 Å². The molecule has 0 N–H and O–H groups in total. The molecule has 1 unspecified atom stereocenters. The van der Waals surface area contributed by atoms with Crippen molar-refractivity contribution in [3.8, 4) is 0 Å². The lowest BCUT2D eigenvalue weighted by Gasteiger charge is -2.25. The van der Waals surface area contributed by atoms with Gasteiger partial charge in [-0.1, -0.05) is 6.07 Å². The normalized spacial score (nSPS) is 12.7. The van der Waals surface area contributed by atoms with E-state index in [-0.39, 0.29) is 18.0 Å². The van der Waals surface area contributed by atoms with Crippen LogP contribution in [0.2, 0.25) is 0 Å². The SMILES string of the molecule is CC(Cc1cccs1)N(C)C(=O)c1cc(Br)cn1C(C)C. The highest BCUT2D eigenvalue weighted by molar-refractivity contribution is 9.10. The molecule has 0 saturated carbocycles. The zero-order valence-corrected chi connectivity index (χ0v) is 15.2. The Bertz CT molecular complexity index is 604. The fraction of sp³-hybridized carbons (Fsp3) is 0.438. The second-order valence-corrected chi connectivity index (χ2v) is 7.54. The van der Waals surface area contributed by atoms with Crippen LogP contribution >= 0.6 is 27.3 Å². The molecule has 114 valence electrons. The maximum atomic E-state index is 12.7. The third-order valence-electron chi connectivity index (χ3n) is 3.65. The van der Waals surface area contributed by atoms with Crippen molar-refractivity contribution in [2.45, 2.75) is 39.3 Å². The molecular formula is C16H21BrN2OS. The third kappa shape index (κ3) is 3.77. The summed E-state index contributed by atoms with van der Waals surface area (Å²) in [5.41, 5.74) is 0.734. The Morgan fingerprint density at radius 1 is 1.43 bits per heavy atom. The standard InChI is InChI=1S/C16H21BrN2OS/c1-11(2)19-10-13(17)9-15(19)16(20)18(4)12(3)8-14-6-5-7-21-14/h5-7,9-12H,8H2,1-4H3. The summed E-state index contributed by atoms with van der Waals surface area (Å²) in [6.45, 7) is 6.26. The summed E-state index contributed by atoms with van der Waals surface area (Å²) in [4.78, 5) is 15.9. The van der Waals surface area contributed by atoms with Gasteiger partial charge in [0.25, 0.3) is 5.91 Å². The Kier molecular flexibility index (Phi) is 5.27. The average molecular weight is 369 g/mol. The molecule has 0 aliphatic rings. The van der Waals surface area contributed by atoms with E-state index in [1.54, 1.807) is 11.3 Å². The van der Waals surface area contributed by atoms with Crippen molar-refractivity contribution in [2.75, 3.05) is 7.05 Å². The van der Waals surface area contributed by atoms with Crippen LogP contribution in [0.1, 0.15) is 42.2 Å². The van der Waals surface area contributed by atoms with Gasteiger partial charge in [0.15, 0.2) is 0 Å². The second kappa shape index (κ2) is 6.79. The summed E-state index contributed by atoms with van der Waals surface area (Å²) in [6.07, 6.45) is 2.86. The van der Waals surface area contributed by atoms with Crippen molar-refractivity contribution in [3.63, 3.8) is 0 Å². The number of aromatic nitrogens is 1. The summed E-state index contributed by atoms with van der Waals surface area (Å²) in [5.74, 6) is 0.0680. The van der Waals surface area contributed by atoms with Crippen LogP contribution in [-0.4, -0.2) is 28.5 Å². The maximum absolute atomic E-state index is 12.7. The van der Waals surface area contributed by atoms with Crippen molar-refractivity contribution < 1.29 is 4.79 Å². The minimum Gasteiger partial charge on any atom is -0.340 e. The van der Waals surface area contributed by atoms with Gasteiger partial charge in [0.05, 0.1) is 0 Å². The number of amides is 1. The van der Waals surface area contributed by atoms with E-state index in [1.807, 2.05) is 28.8 Å². The highest BCUT2D eigenvalue weighted by Crippen LogP contribution is 2.22. The first-order valence-electron chi connectivity index (χ1n) is 7.07. The predicted molar refractivity (Wildman–Crippen MR) is 92.1 cm³/mol. The number of likely N-dealkylation sites (N-methyl/N-ethyl adjacent to an activating group) is 1. The molecule has 5 heteroatoms. The molecule has 1 atom stereocenters. The minimum absolute atomic E-state index is 0.0680. The van der Waals surface area contributed by atoms with Crippen molar-refractivity contribution in [1.29, 1.82) is 0 Å². The molecule has 0 spiro atoms. The number of halogens is 1. The van der Waals surface area contributed by atoms with Gasteiger partial charge in [-0.05, 0) is 54.2 Å². The van der Waals surface area contributed by atoms with Crippen LogP contribution in [0.5, 0.6) is 0 Å². The van der Waals surface area contributed by atoms with Gasteiger partial charge in [-0.25, -0.2) is 0 Å². The number of hydrogen-bond donors (Lipinski definition) is 0. The summed E-state index contributed by atoms with van der Waals surface area (Å²) in [6, 6.07) is 6.50. The van der Waals surface area contributed by atoms with E-state index in [1.165, 1.54) is 4.88 Å². The summed E-state index contributed by atoms with van der Waals surface area (Å²) in [7, 11) is 1.88. The molecule has 2 aromatic heterocycles. The summed E-state index contributed by atoms with van der Waals surface area (Å²) in [5, 5.41) is 2.07. The topological polar surface area (TPSA) is 25.2 Å². The quantitative estimate of drug-likeness (QED) is 0.756. The van der Waals surface area contributed by atoms with Crippen LogP contribution < -0.4 is 0 Å². The number of carbonyl (C=O) groups is 1. The van der Waals surface area contributed by atoms with Gasteiger partial charge in [-0.2, -0.15) is 0 Å². The molecule has 0 radical (unpaired) electrons. The first kappa shape index (κ1) is 16.3. The van der Waals surface area contributed by atoms with E-state index in [0.29, 0.717) is 0 Å². The largest absolute Gasteiger partial charge is 0.340 e. The molecule has 0 aliphatic heterocycles. The molecule has 3 nitrogen and oxygen atoms in total. The summed E-state index contributed by atoms with van der Waals surface area (Å²) >= 11 is 5.20. The van der Waals surface area contributed by atoms with Crippen molar-refractivity contribution in [3.05, 3.63) is 44.8 Å². The lowest BCUT2D eigenvalue weighted by Crippen LogP contribution is -2.37. The Labute approximate surface area is 138 Å². The summed E-state index contributed by atoms with van der Waals surface area (Å²) < 4.78 is 2.96. The highest BCUT2D eigenvalue weighted by atomic mass is 79.9. The minimum atomic E-state index is 0.0680. The van der Waals surface area contributed by atoms with Gasteiger partial charge in [0.2, 0.25) is 0 Å². The van der Waals surface area contributed by atoms with Crippen LogP contribution in [0.15, 0.2) is 34.2 Å². The monoisotopic (exact) mass is 368 g/mol. The molecule has 0 saturated heterocycles. The second-order valence-electron chi connectivity index (χ2n) is 5.59. The average Bonchev–Trinajstić information content (AvgIpc) is 3.06.